The normalized spacial score (nSPS) is 22.8. The van der Waals surface area contributed by atoms with Crippen LogP contribution in [-0.2, 0) is 6.54 Å². The molecule has 4 rings (SSSR count). The molecule has 1 aliphatic heterocycles. The van der Waals surface area contributed by atoms with Crippen molar-refractivity contribution in [1.29, 1.82) is 0 Å². The fourth-order valence-electron chi connectivity index (χ4n) is 4.58. The van der Waals surface area contributed by atoms with Gasteiger partial charge < -0.3 is 5.32 Å². The molecule has 1 aromatic carbocycles. The Kier molecular flexibility index (Phi) is 4.23. The first-order valence-electron chi connectivity index (χ1n) is 9.09. The average Bonchev–Trinajstić information content (AvgIpc) is 3.08. The Labute approximate surface area is 142 Å². The van der Waals surface area contributed by atoms with E-state index in [1.165, 1.54) is 25.7 Å². The predicted octanol–water partition coefficient (Wildman–Crippen LogP) is 3.08. The molecular weight excluding hydrogens is 298 g/mol. The highest BCUT2D eigenvalue weighted by atomic mass is 16.1. The van der Waals surface area contributed by atoms with Crippen molar-refractivity contribution in [3.8, 4) is 11.3 Å². The third-order valence-corrected chi connectivity index (χ3v) is 5.98. The molecule has 1 saturated carbocycles. The maximum atomic E-state index is 12.6. The zero-order valence-electron chi connectivity index (χ0n) is 14.1. The number of hydrogen-bond acceptors (Lipinski definition) is 3. The van der Waals surface area contributed by atoms with Crippen LogP contribution in [0.4, 0.5) is 0 Å². The van der Waals surface area contributed by atoms with E-state index >= 15 is 0 Å². The van der Waals surface area contributed by atoms with Crippen LogP contribution in [0.1, 0.15) is 32.1 Å². The smallest absolute Gasteiger partial charge is 0.253 e. The highest BCUT2D eigenvalue weighted by molar-refractivity contribution is 5.57. The van der Waals surface area contributed by atoms with E-state index in [0.29, 0.717) is 11.3 Å². The van der Waals surface area contributed by atoms with Gasteiger partial charge in [-0.15, -0.1) is 0 Å². The summed E-state index contributed by atoms with van der Waals surface area (Å²) < 4.78 is 1.82. The second-order valence-corrected chi connectivity index (χ2v) is 7.36. The van der Waals surface area contributed by atoms with Gasteiger partial charge in [-0.1, -0.05) is 43.2 Å². The van der Waals surface area contributed by atoms with Crippen LogP contribution in [0, 0.1) is 11.3 Å². The van der Waals surface area contributed by atoms with Gasteiger partial charge in [0.05, 0.1) is 12.0 Å². The minimum absolute atomic E-state index is 0.0653. The lowest BCUT2D eigenvalue weighted by molar-refractivity contribution is 0.101. The van der Waals surface area contributed by atoms with E-state index in [9.17, 15) is 4.79 Å². The van der Waals surface area contributed by atoms with Crippen molar-refractivity contribution in [3.05, 3.63) is 53.1 Å². The molecule has 1 N–H and O–H groups in total. The number of benzene rings is 1. The summed E-state index contributed by atoms with van der Waals surface area (Å²) >= 11 is 0. The molecule has 1 saturated heterocycles. The summed E-state index contributed by atoms with van der Waals surface area (Å²) in [5.41, 5.74) is 2.22. The van der Waals surface area contributed by atoms with Crippen molar-refractivity contribution < 1.29 is 0 Å². The molecule has 2 aliphatic rings. The van der Waals surface area contributed by atoms with E-state index in [1.807, 2.05) is 34.9 Å². The van der Waals surface area contributed by atoms with Gasteiger partial charge in [0.2, 0.25) is 0 Å². The van der Waals surface area contributed by atoms with Crippen LogP contribution >= 0.6 is 0 Å². The summed E-state index contributed by atoms with van der Waals surface area (Å²) in [6.45, 7) is 2.99. The van der Waals surface area contributed by atoms with Crippen molar-refractivity contribution >= 4 is 0 Å². The number of aromatic nitrogens is 2. The SMILES string of the molecule is O=c1cc(-c2ccccc2)ncn1CC1CCNCC12CCCC2. The molecule has 0 radical (unpaired) electrons. The monoisotopic (exact) mass is 323 g/mol. The number of hydrogen-bond donors (Lipinski definition) is 1. The van der Waals surface area contributed by atoms with E-state index in [4.69, 9.17) is 0 Å². The lowest BCUT2D eigenvalue weighted by Crippen LogP contribution is -2.47. The number of rotatable bonds is 3. The highest BCUT2D eigenvalue weighted by Crippen LogP contribution is 2.47. The lowest BCUT2D eigenvalue weighted by atomic mass is 9.70. The van der Waals surface area contributed by atoms with Crippen LogP contribution in [0.15, 0.2) is 47.5 Å². The molecule has 1 aliphatic carbocycles. The first-order valence-corrected chi connectivity index (χ1v) is 9.09. The fraction of sp³-hybridized carbons (Fsp3) is 0.500. The maximum Gasteiger partial charge on any atom is 0.253 e. The zero-order valence-corrected chi connectivity index (χ0v) is 14.1. The van der Waals surface area contributed by atoms with Gasteiger partial charge in [0.15, 0.2) is 0 Å². The molecule has 0 amide bonds. The first-order chi connectivity index (χ1) is 11.8. The van der Waals surface area contributed by atoms with Gasteiger partial charge in [-0.2, -0.15) is 0 Å². The number of nitrogens with zero attached hydrogens (tertiary/aromatic N) is 2. The highest BCUT2D eigenvalue weighted by Gasteiger charge is 2.42. The molecule has 1 atom stereocenters. The summed E-state index contributed by atoms with van der Waals surface area (Å²) in [5, 5.41) is 3.58. The van der Waals surface area contributed by atoms with E-state index in [1.54, 1.807) is 12.4 Å². The van der Waals surface area contributed by atoms with Gasteiger partial charge in [0, 0.05) is 24.7 Å². The topological polar surface area (TPSA) is 46.9 Å². The molecule has 4 heteroatoms. The van der Waals surface area contributed by atoms with Crippen molar-refractivity contribution in [1.82, 2.24) is 14.9 Å². The molecule has 126 valence electrons. The molecule has 1 aromatic heterocycles. The zero-order chi connectivity index (χ0) is 16.4. The van der Waals surface area contributed by atoms with Crippen molar-refractivity contribution in [2.75, 3.05) is 13.1 Å². The van der Waals surface area contributed by atoms with Gasteiger partial charge in [-0.25, -0.2) is 4.98 Å². The van der Waals surface area contributed by atoms with Crippen LogP contribution in [0.25, 0.3) is 11.3 Å². The predicted molar refractivity (Wildman–Crippen MR) is 95.8 cm³/mol. The first kappa shape index (κ1) is 15.6. The maximum absolute atomic E-state index is 12.6. The molecule has 1 unspecified atom stereocenters. The Balaban J connectivity index is 1.57. The molecule has 1 spiro atoms. The van der Waals surface area contributed by atoms with E-state index in [2.05, 4.69) is 10.3 Å². The van der Waals surface area contributed by atoms with Crippen molar-refractivity contribution in [3.63, 3.8) is 0 Å². The van der Waals surface area contributed by atoms with E-state index in [0.717, 1.165) is 37.3 Å². The van der Waals surface area contributed by atoms with Gasteiger partial charge >= 0.3 is 0 Å². The van der Waals surface area contributed by atoms with E-state index in [-0.39, 0.29) is 5.56 Å². The quantitative estimate of drug-likeness (QED) is 0.944. The summed E-state index contributed by atoms with van der Waals surface area (Å²) in [6.07, 6.45) is 8.17. The van der Waals surface area contributed by atoms with Crippen molar-refractivity contribution in [2.24, 2.45) is 11.3 Å². The molecule has 2 heterocycles. The number of piperidine rings is 1. The second kappa shape index (κ2) is 6.52. The molecular formula is C20H25N3O. The minimum Gasteiger partial charge on any atom is -0.316 e. The molecule has 2 fully saturated rings. The van der Waals surface area contributed by atoms with Gasteiger partial charge in [-0.3, -0.25) is 9.36 Å². The van der Waals surface area contributed by atoms with Crippen LogP contribution in [0.3, 0.4) is 0 Å². The minimum atomic E-state index is 0.0653. The summed E-state index contributed by atoms with van der Waals surface area (Å²) in [7, 11) is 0. The molecule has 0 bridgehead atoms. The Hall–Kier alpha value is -1.94. The summed E-state index contributed by atoms with van der Waals surface area (Å²) in [4.78, 5) is 17.1. The Bertz CT molecular complexity index is 747. The molecule has 2 aromatic rings. The van der Waals surface area contributed by atoms with Crippen LogP contribution in [0.5, 0.6) is 0 Å². The van der Waals surface area contributed by atoms with Gasteiger partial charge in [0.25, 0.3) is 5.56 Å². The average molecular weight is 323 g/mol. The Morgan fingerprint density at radius 3 is 2.75 bits per heavy atom. The van der Waals surface area contributed by atoms with Gasteiger partial charge in [0.1, 0.15) is 0 Å². The second-order valence-electron chi connectivity index (χ2n) is 7.36. The Morgan fingerprint density at radius 2 is 2.00 bits per heavy atom. The lowest BCUT2D eigenvalue weighted by Gasteiger charge is -2.42. The fourth-order valence-corrected chi connectivity index (χ4v) is 4.58. The summed E-state index contributed by atoms with van der Waals surface area (Å²) in [5.74, 6) is 0.586. The van der Waals surface area contributed by atoms with Gasteiger partial charge in [-0.05, 0) is 37.1 Å². The standard InChI is InChI=1S/C20H25N3O/c24-19-12-18(16-6-2-1-3-7-16)22-15-23(19)13-17-8-11-21-14-20(17)9-4-5-10-20/h1-3,6-7,12,15,17,21H,4-5,8-11,13-14H2. The van der Waals surface area contributed by atoms with Crippen LogP contribution < -0.4 is 10.9 Å². The van der Waals surface area contributed by atoms with Crippen LogP contribution in [-0.4, -0.2) is 22.6 Å². The largest absolute Gasteiger partial charge is 0.316 e. The van der Waals surface area contributed by atoms with E-state index < -0.39 is 0 Å². The third kappa shape index (κ3) is 2.91. The summed E-state index contributed by atoms with van der Waals surface area (Å²) in [6, 6.07) is 11.6. The Morgan fingerprint density at radius 1 is 1.21 bits per heavy atom. The molecule has 24 heavy (non-hydrogen) atoms. The van der Waals surface area contributed by atoms with Crippen LogP contribution in [0.2, 0.25) is 0 Å². The van der Waals surface area contributed by atoms with Crippen molar-refractivity contribution in [2.45, 2.75) is 38.6 Å². The molecule has 4 nitrogen and oxygen atoms in total. The number of nitrogens with one attached hydrogen (secondary N) is 1. The third-order valence-electron chi connectivity index (χ3n) is 5.98.